The Balaban J connectivity index is 1.39. The molecule has 1 unspecified atom stereocenters. The Kier molecular flexibility index (Phi) is 6.22. The van der Waals surface area contributed by atoms with Gasteiger partial charge in [0.05, 0.1) is 12.1 Å². The van der Waals surface area contributed by atoms with Crippen LogP contribution < -0.4 is 5.32 Å². The van der Waals surface area contributed by atoms with Gasteiger partial charge in [-0.1, -0.05) is 12.1 Å². The van der Waals surface area contributed by atoms with Crippen LogP contribution in [0.4, 0.5) is 4.39 Å². The van der Waals surface area contributed by atoms with Gasteiger partial charge in [-0.25, -0.2) is 4.39 Å². The molecule has 0 amide bonds. The molecule has 3 N–H and O–H groups in total. The quantitative estimate of drug-likeness (QED) is 0.386. The summed E-state index contributed by atoms with van der Waals surface area (Å²) in [6.45, 7) is 3.49. The smallest absolute Gasteiger partial charge is 0.123 e. The highest BCUT2D eigenvalue weighted by Crippen LogP contribution is 2.35. The molecule has 7 nitrogen and oxygen atoms in total. The van der Waals surface area contributed by atoms with Crippen molar-refractivity contribution in [2.75, 3.05) is 32.8 Å². The first kappa shape index (κ1) is 21.8. The second-order valence-electron chi connectivity index (χ2n) is 8.70. The number of aliphatic hydroxyl groups excluding tert-OH is 1. The summed E-state index contributed by atoms with van der Waals surface area (Å²) in [5.74, 6) is -0.256. The van der Waals surface area contributed by atoms with Crippen molar-refractivity contribution in [3.05, 3.63) is 78.3 Å². The summed E-state index contributed by atoms with van der Waals surface area (Å²) >= 11 is 0. The van der Waals surface area contributed by atoms with Gasteiger partial charge in [0.15, 0.2) is 0 Å². The molecule has 33 heavy (non-hydrogen) atoms. The molecule has 1 aliphatic rings. The highest BCUT2D eigenvalue weighted by atomic mass is 19.1. The number of nitrogens with zero attached hydrogens (tertiary/aromatic N) is 4. The number of aromatic nitrogens is 4. The normalized spacial score (nSPS) is 16.8. The van der Waals surface area contributed by atoms with E-state index < -0.39 is 5.54 Å². The molecule has 172 valence electrons. The molecule has 8 heteroatoms. The second kappa shape index (κ2) is 9.43. The van der Waals surface area contributed by atoms with Crippen molar-refractivity contribution in [3.63, 3.8) is 0 Å². The van der Waals surface area contributed by atoms with Gasteiger partial charge < -0.3 is 15.4 Å². The van der Waals surface area contributed by atoms with E-state index in [9.17, 15) is 9.50 Å². The summed E-state index contributed by atoms with van der Waals surface area (Å²) in [6, 6.07) is 12.9. The number of piperazine rings is 1. The minimum absolute atomic E-state index is 0.00426. The lowest BCUT2D eigenvalue weighted by Gasteiger charge is -2.45. The number of aliphatic hydroxyl groups is 1. The molecule has 5 rings (SSSR count). The molecule has 0 aliphatic carbocycles. The zero-order valence-corrected chi connectivity index (χ0v) is 18.5. The maximum atomic E-state index is 13.6. The maximum absolute atomic E-state index is 13.6. The van der Waals surface area contributed by atoms with Crippen LogP contribution in [0.15, 0.2) is 61.3 Å². The van der Waals surface area contributed by atoms with Crippen LogP contribution >= 0.6 is 0 Å². The van der Waals surface area contributed by atoms with E-state index in [4.69, 9.17) is 0 Å². The highest BCUT2D eigenvalue weighted by Gasteiger charge is 2.38. The van der Waals surface area contributed by atoms with E-state index in [0.29, 0.717) is 0 Å². The van der Waals surface area contributed by atoms with Crippen LogP contribution in [-0.4, -0.2) is 62.5 Å². The Morgan fingerprint density at radius 3 is 2.52 bits per heavy atom. The van der Waals surface area contributed by atoms with Crippen molar-refractivity contribution >= 4 is 10.9 Å². The minimum Gasteiger partial charge on any atom is -0.394 e. The molecule has 2 aromatic heterocycles. The first-order chi connectivity index (χ1) is 16.2. The third-order valence-electron chi connectivity index (χ3n) is 6.87. The summed E-state index contributed by atoms with van der Waals surface area (Å²) in [4.78, 5) is 5.73. The van der Waals surface area contributed by atoms with E-state index in [1.807, 2.05) is 22.8 Å². The number of nitrogens with one attached hydrogen (secondary N) is 2. The molecule has 1 atom stereocenters. The van der Waals surface area contributed by atoms with E-state index in [0.717, 1.165) is 62.2 Å². The number of H-pyrrole nitrogens is 1. The van der Waals surface area contributed by atoms with E-state index in [2.05, 4.69) is 43.7 Å². The van der Waals surface area contributed by atoms with Gasteiger partial charge in [-0.05, 0) is 60.7 Å². The van der Waals surface area contributed by atoms with Crippen LogP contribution in [0.1, 0.15) is 24.0 Å². The second-order valence-corrected chi connectivity index (χ2v) is 8.70. The SMILES string of the molecule is OCC(CCCc1c[nH]c2ccc(-n3cnnc3)cc12)(c1ccc(F)cc1)N1CCNCC1. The zero-order chi connectivity index (χ0) is 22.7. The number of halogens is 1. The van der Waals surface area contributed by atoms with Crippen LogP contribution in [0, 0.1) is 5.82 Å². The van der Waals surface area contributed by atoms with E-state index in [1.54, 1.807) is 12.7 Å². The van der Waals surface area contributed by atoms with Gasteiger partial charge in [0, 0.05) is 49.0 Å². The topological polar surface area (TPSA) is 82.0 Å². The number of aromatic amines is 1. The van der Waals surface area contributed by atoms with E-state index in [1.165, 1.54) is 23.1 Å². The number of benzene rings is 2. The fourth-order valence-electron chi connectivity index (χ4n) is 5.05. The summed E-state index contributed by atoms with van der Waals surface area (Å²) in [5, 5.41) is 23.0. The largest absolute Gasteiger partial charge is 0.394 e. The molecular weight excluding hydrogens is 419 g/mol. The minimum atomic E-state index is -0.518. The predicted octanol–water partition coefficient (Wildman–Crippen LogP) is 3.00. The van der Waals surface area contributed by atoms with Gasteiger partial charge in [-0.3, -0.25) is 9.47 Å². The van der Waals surface area contributed by atoms with Crippen LogP contribution in [0.5, 0.6) is 0 Å². The molecule has 1 saturated heterocycles. The Labute approximate surface area is 192 Å². The molecule has 0 radical (unpaired) electrons. The summed E-state index contributed by atoms with van der Waals surface area (Å²) < 4.78 is 15.5. The summed E-state index contributed by atoms with van der Waals surface area (Å²) in [7, 11) is 0. The average molecular weight is 449 g/mol. The number of fused-ring (bicyclic) bond motifs is 1. The van der Waals surface area contributed by atoms with Crippen molar-refractivity contribution < 1.29 is 9.50 Å². The molecule has 1 fully saturated rings. The zero-order valence-electron chi connectivity index (χ0n) is 18.5. The first-order valence-electron chi connectivity index (χ1n) is 11.5. The highest BCUT2D eigenvalue weighted by molar-refractivity contribution is 5.85. The summed E-state index contributed by atoms with van der Waals surface area (Å²) in [6.07, 6.45) is 8.02. The molecule has 0 bridgehead atoms. The van der Waals surface area contributed by atoms with Gasteiger partial charge in [0.1, 0.15) is 18.5 Å². The average Bonchev–Trinajstić information content (AvgIpc) is 3.54. The van der Waals surface area contributed by atoms with Crippen LogP contribution in [-0.2, 0) is 12.0 Å². The number of rotatable bonds is 8. The van der Waals surface area contributed by atoms with Crippen molar-refractivity contribution in [2.45, 2.75) is 24.8 Å². The summed E-state index contributed by atoms with van der Waals surface area (Å²) in [5.41, 5.74) is 3.81. The standard InChI is InChI=1S/C25H29FN6O/c26-21-5-3-20(4-6-21)25(16-33,32-12-10-27-11-13-32)9-1-2-19-15-28-24-8-7-22(14-23(19)24)31-17-29-30-18-31/h3-8,14-15,17-18,27-28,33H,1-2,9-13,16H2. The molecular formula is C25H29FN6O. The third-order valence-corrected chi connectivity index (χ3v) is 6.87. The van der Waals surface area contributed by atoms with Crippen molar-refractivity contribution in [1.29, 1.82) is 0 Å². The Morgan fingerprint density at radius 1 is 1.03 bits per heavy atom. The molecule has 0 saturated carbocycles. The molecule has 1 aliphatic heterocycles. The molecule has 2 aromatic carbocycles. The van der Waals surface area contributed by atoms with Gasteiger partial charge >= 0.3 is 0 Å². The fourth-order valence-corrected chi connectivity index (χ4v) is 5.05. The number of aryl methyl sites for hydroxylation is 1. The van der Waals surface area contributed by atoms with Crippen molar-refractivity contribution in [3.8, 4) is 5.69 Å². The van der Waals surface area contributed by atoms with E-state index >= 15 is 0 Å². The van der Waals surface area contributed by atoms with Crippen LogP contribution in [0.3, 0.4) is 0 Å². The lowest BCUT2D eigenvalue weighted by molar-refractivity contribution is 0.00877. The lowest BCUT2D eigenvalue weighted by Crippen LogP contribution is -2.56. The lowest BCUT2D eigenvalue weighted by atomic mass is 9.82. The first-order valence-corrected chi connectivity index (χ1v) is 11.5. The van der Waals surface area contributed by atoms with Gasteiger partial charge in [-0.2, -0.15) is 0 Å². The van der Waals surface area contributed by atoms with Crippen LogP contribution in [0.25, 0.3) is 16.6 Å². The predicted molar refractivity (Wildman–Crippen MR) is 126 cm³/mol. The molecule has 0 spiro atoms. The Hall–Kier alpha value is -3.07. The van der Waals surface area contributed by atoms with Gasteiger partial charge in [0.2, 0.25) is 0 Å². The molecule has 4 aromatic rings. The van der Waals surface area contributed by atoms with Gasteiger partial charge in [-0.15, -0.1) is 10.2 Å². The molecule has 3 heterocycles. The van der Waals surface area contributed by atoms with Gasteiger partial charge in [0.25, 0.3) is 0 Å². The van der Waals surface area contributed by atoms with Crippen LogP contribution in [0.2, 0.25) is 0 Å². The Morgan fingerprint density at radius 2 is 1.79 bits per heavy atom. The number of hydrogen-bond donors (Lipinski definition) is 3. The van der Waals surface area contributed by atoms with Crippen molar-refractivity contribution in [1.82, 2.24) is 30.0 Å². The monoisotopic (exact) mass is 448 g/mol. The van der Waals surface area contributed by atoms with Crippen molar-refractivity contribution in [2.24, 2.45) is 0 Å². The maximum Gasteiger partial charge on any atom is 0.123 e. The third kappa shape index (κ3) is 4.29. The Bertz CT molecular complexity index is 1180. The number of hydrogen-bond acceptors (Lipinski definition) is 5. The van der Waals surface area contributed by atoms with E-state index in [-0.39, 0.29) is 12.4 Å². The fraction of sp³-hybridized carbons (Fsp3) is 0.360.